The van der Waals surface area contributed by atoms with Crippen LogP contribution >= 0.6 is 0 Å². The highest BCUT2D eigenvalue weighted by Crippen LogP contribution is 2.26. The Morgan fingerprint density at radius 2 is 2.18 bits per heavy atom. The molecule has 0 radical (unpaired) electrons. The number of rotatable bonds is 8. The molecule has 0 aromatic heterocycles. The van der Waals surface area contributed by atoms with Gasteiger partial charge in [-0.25, -0.2) is 4.79 Å². The van der Waals surface area contributed by atoms with Gasteiger partial charge in [0.05, 0.1) is 6.42 Å². The van der Waals surface area contributed by atoms with E-state index in [9.17, 15) is 9.59 Å². The topological polar surface area (TPSA) is 78.9 Å². The molecule has 6 heteroatoms. The van der Waals surface area contributed by atoms with E-state index in [0.717, 1.165) is 19.3 Å². The normalized spacial score (nSPS) is 14.4. The molecule has 1 aliphatic carbocycles. The molecule has 0 saturated heterocycles. The van der Waals surface area contributed by atoms with Gasteiger partial charge in [-0.1, -0.05) is 0 Å². The van der Waals surface area contributed by atoms with Crippen molar-refractivity contribution in [2.24, 2.45) is 0 Å². The van der Waals surface area contributed by atoms with Gasteiger partial charge in [-0.2, -0.15) is 0 Å². The molecule has 0 heterocycles. The third-order valence-electron chi connectivity index (χ3n) is 2.62. The van der Waals surface area contributed by atoms with Crippen molar-refractivity contribution < 1.29 is 19.4 Å². The largest absolute Gasteiger partial charge is 0.481 e. The van der Waals surface area contributed by atoms with Gasteiger partial charge in [-0.3, -0.25) is 4.79 Å². The number of nitrogens with one attached hydrogen (secondary N) is 1. The van der Waals surface area contributed by atoms with Gasteiger partial charge in [0.1, 0.15) is 0 Å². The molecule has 0 spiro atoms. The van der Waals surface area contributed by atoms with Crippen LogP contribution in [0, 0.1) is 0 Å². The standard InChI is InChI=1S/C11H20N2O4/c1-17-8-2-6-12-11(16)13(9-3-4-9)7-5-10(14)15/h9H,2-8H2,1H3,(H,12,16)(H,14,15). The fourth-order valence-electron chi connectivity index (χ4n) is 1.57. The van der Waals surface area contributed by atoms with E-state index in [-0.39, 0.29) is 25.0 Å². The summed E-state index contributed by atoms with van der Waals surface area (Å²) in [6, 6.07) is 0.0710. The van der Waals surface area contributed by atoms with Crippen LogP contribution in [0.15, 0.2) is 0 Å². The van der Waals surface area contributed by atoms with Crippen LogP contribution in [0.1, 0.15) is 25.7 Å². The van der Waals surface area contributed by atoms with Gasteiger partial charge in [0.25, 0.3) is 0 Å². The molecular weight excluding hydrogens is 224 g/mol. The van der Waals surface area contributed by atoms with E-state index in [1.807, 2.05) is 0 Å². The monoisotopic (exact) mass is 244 g/mol. The molecular formula is C11H20N2O4. The third-order valence-corrected chi connectivity index (χ3v) is 2.62. The SMILES string of the molecule is COCCCNC(=O)N(CCC(=O)O)C1CC1. The number of carboxylic acids is 1. The number of urea groups is 1. The smallest absolute Gasteiger partial charge is 0.317 e. The summed E-state index contributed by atoms with van der Waals surface area (Å²) in [6.45, 7) is 1.46. The molecule has 6 nitrogen and oxygen atoms in total. The van der Waals surface area contributed by atoms with Crippen LogP contribution in [-0.4, -0.2) is 54.9 Å². The number of carboxylic acid groups (broad SMARTS) is 1. The van der Waals surface area contributed by atoms with Gasteiger partial charge >= 0.3 is 12.0 Å². The van der Waals surface area contributed by atoms with Gasteiger partial charge in [0.15, 0.2) is 0 Å². The van der Waals surface area contributed by atoms with E-state index in [0.29, 0.717) is 13.2 Å². The second-order valence-corrected chi connectivity index (χ2v) is 4.15. The number of carbonyl (C=O) groups excluding carboxylic acids is 1. The van der Waals surface area contributed by atoms with E-state index in [2.05, 4.69) is 5.32 Å². The molecule has 1 saturated carbocycles. The van der Waals surface area contributed by atoms with Crippen LogP contribution in [0.25, 0.3) is 0 Å². The zero-order valence-electron chi connectivity index (χ0n) is 10.1. The lowest BCUT2D eigenvalue weighted by Crippen LogP contribution is -2.42. The Morgan fingerprint density at radius 1 is 1.47 bits per heavy atom. The van der Waals surface area contributed by atoms with Crippen molar-refractivity contribution in [2.45, 2.75) is 31.7 Å². The van der Waals surface area contributed by atoms with Crippen LogP contribution in [-0.2, 0) is 9.53 Å². The Bertz CT molecular complexity index is 266. The van der Waals surface area contributed by atoms with Crippen LogP contribution in [0.5, 0.6) is 0 Å². The van der Waals surface area contributed by atoms with E-state index in [4.69, 9.17) is 9.84 Å². The average molecular weight is 244 g/mol. The van der Waals surface area contributed by atoms with Crippen LogP contribution in [0.3, 0.4) is 0 Å². The van der Waals surface area contributed by atoms with Gasteiger partial charge in [0.2, 0.25) is 0 Å². The molecule has 98 valence electrons. The number of amides is 2. The fraction of sp³-hybridized carbons (Fsp3) is 0.818. The molecule has 0 aromatic rings. The Morgan fingerprint density at radius 3 is 2.71 bits per heavy atom. The fourth-order valence-corrected chi connectivity index (χ4v) is 1.57. The predicted octanol–water partition coefficient (Wildman–Crippen LogP) is 0.672. The molecule has 1 fully saturated rings. The summed E-state index contributed by atoms with van der Waals surface area (Å²) in [5, 5.41) is 11.4. The minimum atomic E-state index is -0.872. The van der Waals surface area contributed by atoms with Crippen LogP contribution < -0.4 is 5.32 Å². The summed E-state index contributed by atoms with van der Waals surface area (Å²) in [5.74, 6) is -0.872. The van der Waals surface area contributed by atoms with E-state index >= 15 is 0 Å². The first-order valence-electron chi connectivity index (χ1n) is 5.90. The molecule has 0 aliphatic heterocycles. The minimum absolute atomic E-state index is 0.00198. The number of hydrogen-bond acceptors (Lipinski definition) is 3. The molecule has 2 amide bonds. The second kappa shape index (κ2) is 7.11. The lowest BCUT2D eigenvalue weighted by molar-refractivity contribution is -0.137. The average Bonchev–Trinajstić information content (AvgIpc) is 3.08. The number of carbonyl (C=O) groups is 2. The van der Waals surface area contributed by atoms with Crippen molar-refractivity contribution in [3.05, 3.63) is 0 Å². The maximum atomic E-state index is 11.8. The highest BCUT2D eigenvalue weighted by molar-refractivity contribution is 5.76. The first-order valence-corrected chi connectivity index (χ1v) is 5.90. The molecule has 2 N–H and O–H groups in total. The van der Waals surface area contributed by atoms with Crippen LogP contribution in [0.2, 0.25) is 0 Å². The highest BCUT2D eigenvalue weighted by Gasteiger charge is 2.32. The van der Waals surface area contributed by atoms with Crippen LogP contribution in [0.4, 0.5) is 4.79 Å². The minimum Gasteiger partial charge on any atom is -0.481 e. The zero-order valence-corrected chi connectivity index (χ0v) is 10.1. The number of aliphatic carboxylic acids is 1. The second-order valence-electron chi connectivity index (χ2n) is 4.15. The molecule has 0 aromatic carbocycles. The molecule has 0 unspecified atom stereocenters. The molecule has 0 atom stereocenters. The van der Waals surface area contributed by atoms with Gasteiger partial charge in [0, 0.05) is 32.8 Å². The predicted molar refractivity (Wildman–Crippen MR) is 61.9 cm³/mol. The van der Waals surface area contributed by atoms with Crippen molar-refractivity contribution in [2.75, 3.05) is 26.8 Å². The third kappa shape index (κ3) is 5.53. The maximum absolute atomic E-state index is 11.8. The maximum Gasteiger partial charge on any atom is 0.317 e. The summed E-state index contributed by atoms with van der Waals surface area (Å²) in [5.41, 5.74) is 0. The summed E-state index contributed by atoms with van der Waals surface area (Å²) < 4.78 is 4.88. The van der Waals surface area contributed by atoms with Crippen molar-refractivity contribution in [3.8, 4) is 0 Å². The quantitative estimate of drug-likeness (QED) is 0.615. The molecule has 1 aliphatic rings. The Kier molecular flexibility index (Phi) is 5.76. The van der Waals surface area contributed by atoms with Crippen molar-refractivity contribution in [1.29, 1.82) is 0 Å². The van der Waals surface area contributed by atoms with Gasteiger partial charge in [-0.15, -0.1) is 0 Å². The lowest BCUT2D eigenvalue weighted by Gasteiger charge is -2.22. The van der Waals surface area contributed by atoms with E-state index in [1.54, 1.807) is 12.0 Å². The summed E-state index contributed by atoms with van der Waals surface area (Å²) in [4.78, 5) is 23.9. The molecule has 1 rings (SSSR count). The van der Waals surface area contributed by atoms with E-state index in [1.165, 1.54) is 0 Å². The van der Waals surface area contributed by atoms with Crippen molar-refractivity contribution in [1.82, 2.24) is 10.2 Å². The Hall–Kier alpha value is -1.30. The number of hydrogen-bond donors (Lipinski definition) is 2. The molecule has 17 heavy (non-hydrogen) atoms. The first-order chi connectivity index (χ1) is 8.15. The first kappa shape index (κ1) is 13.8. The zero-order chi connectivity index (χ0) is 12.7. The van der Waals surface area contributed by atoms with Crippen molar-refractivity contribution in [3.63, 3.8) is 0 Å². The van der Waals surface area contributed by atoms with Gasteiger partial charge in [-0.05, 0) is 19.3 Å². The number of methoxy groups -OCH3 is 1. The van der Waals surface area contributed by atoms with E-state index < -0.39 is 5.97 Å². The van der Waals surface area contributed by atoms with Gasteiger partial charge < -0.3 is 20.1 Å². The Labute approximate surface area is 101 Å². The molecule has 0 bridgehead atoms. The Balaban J connectivity index is 2.25. The number of ether oxygens (including phenoxy) is 1. The summed E-state index contributed by atoms with van der Waals surface area (Å²) >= 11 is 0. The lowest BCUT2D eigenvalue weighted by atomic mass is 10.3. The summed E-state index contributed by atoms with van der Waals surface area (Å²) in [7, 11) is 1.62. The highest BCUT2D eigenvalue weighted by atomic mass is 16.5. The summed E-state index contributed by atoms with van der Waals surface area (Å²) in [6.07, 6.45) is 2.72. The van der Waals surface area contributed by atoms with Crippen molar-refractivity contribution >= 4 is 12.0 Å². The number of nitrogens with zero attached hydrogens (tertiary/aromatic N) is 1.